The first-order valence-electron chi connectivity index (χ1n) is 6.20. The molecule has 2 fully saturated rings. The van der Waals surface area contributed by atoms with Crippen molar-refractivity contribution in [2.45, 2.75) is 36.8 Å². The van der Waals surface area contributed by atoms with Crippen LogP contribution in [-0.4, -0.2) is 18.5 Å². The average molecular weight is 293 g/mol. The van der Waals surface area contributed by atoms with E-state index in [-0.39, 0.29) is 5.56 Å². The standard InChI is InChI=1S/C13H12F5NO/c14-9-4-2-1-3-7(9)13(11(15)16)8-5-12(17,18)6-10(8)20-19-13/h1-4,8,10-11,19H,5-6H2. The molecule has 3 atom stereocenters. The molecule has 0 amide bonds. The molecule has 1 aliphatic carbocycles. The van der Waals surface area contributed by atoms with Crippen molar-refractivity contribution < 1.29 is 26.8 Å². The lowest BCUT2D eigenvalue weighted by atomic mass is 9.77. The first-order chi connectivity index (χ1) is 9.37. The van der Waals surface area contributed by atoms with Crippen LogP contribution in [0.15, 0.2) is 24.3 Å². The topological polar surface area (TPSA) is 21.3 Å². The molecule has 20 heavy (non-hydrogen) atoms. The van der Waals surface area contributed by atoms with Gasteiger partial charge >= 0.3 is 0 Å². The summed E-state index contributed by atoms with van der Waals surface area (Å²) >= 11 is 0. The van der Waals surface area contributed by atoms with E-state index in [4.69, 9.17) is 4.84 Å². The Morgan fingerprint density at radius 2 is 1.90 bits per heavy atom. The Morgan fingerprint density at radius 3 is 2.55 bits per heavy atom. The molecular formula is C13H12F5NO. The molecule has 1 aromatic rings. The van der Waals surface area contributed by atoms with Gasteiger partial charge in [-0.1, -0.05) is 18.2 Å². The Kier molecular flexibility index (Phi) is 3.02. The summed E-state index contributed by atoms with van der Waals surface area (Å²) in [6.45, 7) is 0. The lowest BCUT2D eigenvalue weighted by molar-refractivity contribution is -0.0824. The van der Waals surface area contributed by atoms with Gasteiger partial charge in [0.15, 0.2) is 0 Å². The number of rotatable bonds is 2. The third-order valence-electron chi connectivity index (χ3n) is 4.09. The molecule has 0 spiro atoms. The molecule has 7 heteroatoms. The summed E-state index contributed by atoms with van der Waals surface area (Å²) in [5.41, 5.74) is -0.416. The number of nitrogens with one attached hydrogen (secondary N) is 1. The molecule has 1 N–H and O–H groups in total. The summed E-state index contributed by atoms with van der Waals surface area (Å²) in [5.74, 6) is -5.10. The van der Waals surface area contributed by atoms with Crippen LogP contribution in [0, 0.1) is 11.7 Å². The quantitative estimate of drug-likeness (QED) is 0.845. The van der Waals surface area contributed by atoms with E-state index >= 15 is 0 Å². The Hall–Kier alpha value is -1.21. The SMILES string of the molecule is Fc1ccccc1C1(C(F)F)NOC2CC(F)(F)CC21. The third kappa shape index (κ3) is 1.83. The molecule has 110 valence electrons. The molecule has 1 heterocycles. The second kappa shape index (κ2) is 4.39. The highest BCUT2D eigenvalue weighted by Gasteiger charge is 2.65. The van der Waals surface area contributed by atoms with Crippen molar-refractivity contribution in [1.82, 2.24) is 5.48 Å². The number of hydroxylamine groups is 1. The van der Waals surface area contributed by atoms with Gasteiger partial charge in [0, 0.05) is 24.3 Å². The van der Waals surface area contributed by atoms with Gasteiger partial charge in [-0.15, -0.1) is 0 Å². The van der Waals surface area contributed by atoms with Crippen molar-refractivity contribution in [3.63, 3.8) is 0 Å². The molecule has 0 radical (unpaired) electrons. The number of halogens is 5. The highest BCUT2D eigenvalue weighted by molar-refractivity contribution is 5.30. The minimum atomic E-state index is -3.07. The predicted octanol–water partition coefficient (Wildman–Crippen LogP) is 3.23. The normalized spacial score (nSPS) is 35.5. The summed E-state index contributed by atoms with van der Waals surface area (Å²) in [5, 5.41) is 0. The van der Waals surface area contributed by atoms with Gasteiger partial charge in [-0.3, -0.25) is 4.84 Å². The minimum absolute atomic E-state index is 0.333. The average Bonchev–Trinajstić information content (AvgIpc) is 2.83. The Morgan fingerprint density at radius 1 is 1.20 bits per heavy atom. The van der Waals surface area contributed by atoms with Crippen LogP contribution in [0.3, 0.4) is 0 Å². The molecular weight excluding hydrogens is 281 g/mol. The minimum Gasteiger partial charge on any atom is -0.297 e. The highest BCUT2D eigenvalue weighted by atomic mass is 19.3. The van der Waals surface area contributed by atoms with Gasteiger partial charge < -0.3 is 0 Å². The van der Waals surface area contributed by atoms with E-state index in [2.05, 4.69) is 5.48 Å². The van der Waals surface area contributed by atoms with E-state index in [9.17, 15) is 22.0 Å². The summed E-state index contributed by atoms with van der Waals surface area (Å²) in [7, 11) is 0. The van der Waals surface area contributed by atoms with Crippen molar-refractivity contribution >= 4 is 0 Å². The van der Waals surface area contributed by atoms with Gasteiger partial charge in [0.2, 0.25) is 0 Å². The van der Waals surface area contributed by atoms with E-state index in [1.807, 2.05) is 0 Å². The number of benzene rings is 1. The van der Waals surface area contributed by atoms with E-state index in [0.29, 0.717) is 0 Å². The fourth-order valence-corrected chi connectivity index (χ4v) is 3.18. The lowest BCUT2D eigenvalue weighted by Crippen LogP contribution is -2.49. The fraction of sp³-hybridized carbons (Fsp3) is 0.538. The molecule has 0 aromatic heterocycles. The first-order valence-corrected chi connectivity index (χ1v) is 6.20. The van der Waals surface area contributed by atoms with Gasteiger partial charge in [-0.2, -0.15) is 5.48 Å². The molecule has 2 nitrogen and oxygen atoms in total. The van der Waals surface area contributed by atoms with Crippen molar-refractivity contribution in [3.8, 4) is 0 Å². The third-order valence-corrected chi connectivity index (χ3v) is 4.09. The zero-order valence-corrected chi connectivity index (χ0v) is 10.3. The van der Waals surface area contributed by atoms with Gasteiger partial charge in [0.1, 0.15) is 11.4 Å². The summed E-state index contributed by atoms with van der Waals surface area (Å²) in [6.07, 6.45) is -5.49. The predicted molar refractivity (Wildman–Crippen MR) is 59.8 cm³/mol. The first kappa shape index (κ1) is 13.8. The van der Waals surface area contributed by atoms with Crippen LogP contribution in [0.4, 0.5) is 22.0 Å². The Bertz CT molecular complexity index is 523. The zero-order chi connectivity index (χ0) is 14.5. The Labute approximate surface area is 111 Å². The van der Waals surface area contributed by atoms with E-state index in [0.717, 1.165) is 6.07 Å². The van der Waals surface area contributed by atoms with Crippen LogP contribution in [0.2, 0.25) is 0 Å². The summed E-state index contributed by atoms with van der Waals surface area (Å²) < 4.78 is 68.0. The molecule has 1 saturated carbocycles. The van der Waals surface area contributed by atoms with Crippen molar-refractivity contribution in [1.29, 1.82) is 0 Å². The van der Waals surface area contributed by atoms with Crippen molar-refractivity contribution in [2.75, 3.05) is 0 Å². The van der Waals surface area contributed by atoms with Crippen LogP contribution in [-0.2, 0) is 10.4 Å². The van der Waals surface area contributed by atoms with Crippen LogP contribution in [0.5, 0.6) is 0 Å². The van der Waals surface area contributed by atoms with Gasteiger partial charge in [-0.25, -0.2) is 22.0 Å². The second-order valence-electron chi connectivity index (χ2n) is 5.28. The smallest absolute Gasteiger partial charge is 0.263 e. The molecule has 1 aliphatic heterocycles. The molecule has 0 bridgehead atoms. The second-order valence-corrected chi connectivity index (χ2v) is 5.28. The number of hydrogen-bond donors (Lipinski definition) is 1. The molecule has 1 saturated heterocycles. The molecule has 3 unspecified atom stereocenters. The maximum absolute atomic E-state index is 13.9. The molecule has 1 aromatic carbocycles. The largest absolute Gasteiger partial charge is 0.297 e. The van der Waals surface area contributed by atoms with Crippen LogP contribution in [0.25, 0.3) is 0 Å². The van der Waals surface area contributed by atoms with Gasteiger partial charge in [0.25, 0.3) is 12.3 Å². The lowest BCUT2D eigenvalue weighted by Gasteiger charge is -2.33. The maximum Gasteiger partial charge on any atom is 0.263 e. The molecule has 2 aliphatic rings. The zero-order valence-electron chi connectivity index (χ0n) is 10.3. The van der Waals surface area contributed by atoms with Crippen molar-refractivity contribution in [2.24, 2.45) is 5.92 Å². The highest BCUT2D eigenvalue weighted by Crippen LogP contribution is 2.54. The number of hydrogen-bond acceptors (Lipinski definition) is 2. The Balaban J connectivity index is 2.09. The van der Waals surface area contributed by atoms with E-state index in [1.165, 1.54) is 18.2 Å². The summed E-state index contributed by atoms with van der Waals surface area (Å²) in [6, 6.07) is 4.96. The van der Waals surface area contributed by atoms with Crippen molar-refractivity contribution in [3.05, 3.63) is 35.6 Å². The number of fused-ring (bicyclic) bond motifs is 1. The van der Waals surface area contributed by atoms with E-state index < -0.39 is 48.6 Å². The maximum atomic E-state index is 13.9. The van der Waals surface area contributed by atoms with Gasteiger partial charge in [0.05, 0.1) is 6.10 Å². The fourth-order valence-electron chi connectivity index (χ4n) is 3.18. The van der Waals surface area contributed by atoms with Crippen LogP contribution in [0.1, 0.15) is 18.4 Å². The summed E-state index contributed by atoms with van der Waals surface area (Å²) in [4.78, 5) is 4.92. The van der Waals surface area contributed by atoms with Crippen LogP contribution >= 0.6 is 0 Å². The number of alkyl halides is 4. The van der Waals surface area contributed by atoms with Crippen LogP contribution < -0.4 is 5.48 Å². The van der Waals surface area contributed by atoms with E-state index in [1.54, 1.807) is 0 Å². The van der Waals surface area contributed by atoms with Gasteiger partial charge in [-0.05, 0) is 6.07 Å². The molecule has 3 rings (SSSR count). The monoisotopic (exact) mass is 293 g/mol.